The van der Waals surface area contributed by atoms with Gasteiger partial charge in [-0.05, 0) is 30.7 Å². The van der Waals surface area contributed by atoms with Gasteiger partial charge in [0, 0.05) is 63.8 Å². The van der Waals surface area contributed by atoms with Crippen LogP contribution in [0.4, 0.5) is 14.5 Å². The first kappa shape index (κ1) is 24.9. The number of hydrogen-bond acceptors (Lipinski definition) is 7. The molecule has 5 rings (SSSR count). The topological polar surface area (TPSA) is 105 Å². The number of anilines is 1. The van der Waals surface area contributed by atoms with Crippen LogP contribution in [0, 0.1) is 6.92 Å². The van der Waals surface area contributed by atoms with Crippen LogP contribution in [0.3, 0.4) is 0 Å². The smallest absolute Gasteiger partial charge is 0.260 e. The summed E-state index contributed by atoms with van der Waals surface area (Å²) in [6, 6.07) is 5.36. The molecule has 2 N–H and O–H groups in total. The molecule has 5 heterocycles. The summed E-state index contributed by atoms with van der Waals surface area (Å²) in [6.45, 7) is 3.17. The minimum Gasteiger partial charge on any atom is -0.351 e. The summed E-state index contributed by atoms with van der Waals surface area (Å²) in [5.41, 5.74) is 2.66. The number of aromatic nitrogens is 4. The number of likely N-dealkylation sites (tertiary alicyclic amines) is 1. The van der Waals surface area contributed by atoms with E-state index in [-0.39, 0.29) is 24.7 Å². The highest BCUT2D eigenvalue weighted by Gasteiger charge is 2.33. The van der Waals surface area contributed by atoms with Gasteiger partial charge in [0.05, 0.1) is 33.6 Å². The van der Waals surface area contributed by atoms with Gasteiger partial charge in [-0.3, -0.25) is 19.6 Å². The molecule has 0 saturated carbocycles. The fraction of sp³-hybridized carbons (Fsp3) is 0.320. The number of piperidine rings is 1. The van der Waals surface area contributed by atoms with Crippen molar-refractivity contribution >= 4 is 33.7 Å². The highest BCUT2D eigenvalue weighted by atomic mass is 32.1. The largest absolute Gasteiger partial charge is 0.351 e. The Morgan fingerprint density at radius 1 is 1.14 bits per heavy atom. The van der Waals surface area contributed by atoms with E-state index < -0.39 is 5.92 Å². The van der Waals surface area contributed by atoms with E-state index in [1.165, 1.54) is 23.7 Å². The van der Waals surface area contributed by atoms with E-state index in [0.29, 0.717) is 53.5 Å². The number of thiazole rings is 1. The molecular weight excluding hydrogens is 500 g/mol. The summed E-state index contributed by atoms with van der Waals surface area (Å²) in [7, 11) is 0. The van der Waals surface area contributed by atoms with Crippen LogP contribution >= 0.6 is 11.3 Å². The maximum atomic E-state index is 13.3. The minimum atomic E-state index is -2.59. The fourth-order valence-electron chi connectivity index (χ4n) is 4.10. The quantitative estimate of drug-likeness (QED) is 0.380. The van der Waals surface area contributed by atoms with Gasteiger partial charge in [0.25, 0.3) is 17.7 Å². The second kappa shape index (κ2) is 10.3. The zero-order valence-electron chi connectivity index (χ0n) is 20.1. The first-order valence-corrected chi connectivity index (χ1v) is 12.6. The van der Waals surface area contributed by atoms with Crippen molar-refractivity contribution in [2.45, 2.75) is 25.7 Å². The van der Waals surface area contributed by atoms with Gasteiger partial charge in [-0.15, -0.1) is 11.3 Å². The van der Waals surface area contributed by atoms with Gasteiger partial charge in [-0.25, -0.2) is 13.3 Å². The maximum Gasteiger partial charge on any atom is 0.260 e. The van der Waals surface area contributed by atoms with Crippen LogP contribution in [0.1, 0.15) is 39.3 Å². The summed E-state index contributed by atoms with van der Waals surface area (Å²) >= 11 is 1.44. The lowest BCUT2D eigenvalue weighted by Gasteiger charge is -2.31. The van der Waals surface area contributed by atoms with Crippen LogP contribution in [-0.2, 0) is 0 Å². The molecular formula is C25H25F2N7O2S. The maximum absolute atomic E-state index is 13.3. The number of carbonyl (C=O) groups is 2. The zero-order chi connectivity index (χ0) is 26.0. The summed E-state index contributed by atoms with van der Waals surface area (Å²) in [4.78, 5) is 37.6. The second-order valence-electron chi connectivity index (χ2n) is 8.90. The normalized spacial score (nSPS) is 15.5. The molecule has 192 valence electrons. The summed E-state index contributed by atoms with van der Waals surface area (Å²) < 4.78 is 28.3. The number of halogens is 2. The van der Waals surface area contributed by atoms with Crippen molar-refractivity contribution < 1.29 is 18.4 Å². The van der Waals surface area contributed by atoms with Gasteiger partial charge in [-0.1, -0.05) is 0 Å². The molecule has 1 aliphatic rings. The number of nitrogens with one attached hydrogen (secondary N) is 2. The van der Waals surface area contributed by atoms with E-state index in [4.69, 9.17) is 0 Å². The van der Waals surface area contributed by atoms with E-state index in [2.05, 4.69) is 25.7 Å². The van der Waals surface area contributed by atoms with Gasteiger partial charge in [0.2, 0.25) is 0 Å². The molecule has 9 nitrogen and oxygen atoms in total. The highest BCUT2D eigenvalue weighted by molar-refractivity contribution is 7.21. The number of aryl methyl sites for hydroxylation is 1. The second-order valence-corrected chi connectivity index (χ2v) is 9.93. The molecule has 12 heteroatoms. The number of pyridine rings is 2. The minimum absolute atomic E-state index is 0.161. The highest BCUT2D eigenvalue weighted by Crippen LogP contribution is 2.30. The molecule has 1 fully saturated rings. The number of fused-ring (bicyclic) bond motifs is 1. The molecule has 4 aromatic heterocycles. The van der Waals surface area contributed by atoms with E-state index in [9.17, 15) is 18.4 Å². The van der Waals surface area contributed by atoms with Crippen molar-refractivity contribution in [3.8, 4) is 10.4 Å². The fourth-order valence-corrected chi connectivity index (χ4v) is 5.16. The van der Waals surface area contributed by atoms with Crippen molar-refractivity contribution in [3.63, 3.8) is 0 Å². The molecule has 0 aliphatic carbocycles. The molecule has 0 atom stereocenters. The average molecular weight is 526 g/mol. The molecule has 37 heavy (non-hydrogen) atoms. The van der Waals surface area contributed by atoms with Crippen LogP contribution in [0.25, 0.3) is 15.3 Å². The van der Waals surface area contributed by atoms with Gasteiger partial charge in [0.15, 0.2) is 0 Å². The first-order chi connectivity index (χ1) is 17.8. The Hall–Kier alpha value is -3.77. The molecule has 0 bridgehead atoms. The molecule has 0 aromatic carbocycles. The van der Waals surface area contributed by atoms with Gasteiger partial charge >= 0.3 is 0 Å². The lowest BCUT2D eigenvalue weighted by Crippen LogP contribution is -2.43. The zero-order valence-corrected chi connectivity index (χ0v) is 20.9. The summed E-state index contributed by atoms with van der Waals surface area (Å²) in [5, 5.41) is 9.95. The van der Waals surface area contributed by atoms with Crippen molar-refractivity contribution in [1.82, 2.24) is 29.8 Å². The van der Waals surface area contributed by atoms with Crippen molar-refractivity contribution in [2.24, 2.45) is 0 Å². The van der Waals surface area contributed by atoms with Crippen molar-refractivity contribution in [3.05, 3.63) is 66.0 Å². The average Bonchev–Trinajstić information content (AvgIpc) is 3.48. The van der Waals surface area contributed by atoms with Crippen LogP contribution in [0.5, 0.6) is 0 Å². The van der Waals surface area contributed by atoms with Crippen molar-refractivity contribution in [2.75, 3.05) is 31.5 Å². The van der Waals surface area contributed by atoms with E-state index >= 15 is 0 Å². The standard InChI is InChI=1S/C25H25F2N7O2S/c1-16-20(12-18(13-30-16)22(35)29-8-11-33-9-4-25(26,27)5-10-33)32-23(36)19-14-31-34-15-21(37-24(19)34)17-2-6-28-7-3-17/h2-3,6-7,12-15H,4-5,8-11H2,1H3,(H,29,35)(H,32,36). The van der Waals surface area contributed by atoms with Gasteiger partial charge in [-0.2, -0.15) is 5.10 Å². The lowest BCUT2D eigenvalue weighted by molar-refractivity contribution is -0.0547. The SMILES string of the molecule is Cc1ncc(C(=O)NCCN2CCC(F)(F)CC2)cc1NC(=O)c1cnn2cc(-c3ccncc3)sc12. The Morgan fingerprint density at radius 3 is 2.65 bits per heavy atom. The molecule has 1 saturated heterocycles. The number of nitrogens with zero attached hydrogens (tertiary/aromatic N) is 5. The van der Waals surface area contributed by atoms with Crippen LogP contribution in [0.2, 0.25) is 0 Å². The van der Waals surface area contributed by atoms with Crippen LogP contribution < -0.4 is 10.6 Å². The molecule has 1 aliphatic heterocycles. The Balaban J connectivity index is 1.23. The number of hydrogen-bond donors (Lipinski definition) is 2. The third kappa shape index (κ3) is 5.65. The number of amides is 2. The van der Waals surface area contributed by atoms with E-state index in [1.54, 1.807) is 29.9 Å². The van der Waals surface area contributed by atoms with Gasteiger partial charge in [0.1, 0.15) is 4.83 Å². The van der Waals surface area contributed by atoms with E-state index in [0.717, 1.165) is 10.4 Å². The van der Waals surface area contributed by atoms with Gasteiger partial charge < -0.3 is 15.5 Å². The van der Waals surface area contributed by atoms with E-state index in [1.807, 2.05) is 23.2 Å². The Morgan fingerprint density at radius 2 is 1.89 bits per heavy atom. The number of rotatable bonds is 7. The summed E-state index contributed by atoms with van der Waals surface area (Å²) in [5.74, 6) is -3.30. The summed E-state index contributed by atoms with van der Waals surface area (Å²) in [6.07, 6.45) is 7.91. The lowest BCUT2D eigenvalue weighted by atomic mass is 10.1. The predicted octanol–water partition coefficient (Wildman–Crippen LogP) is 3.87. The Labute approximate surface area is 215 Å². The molecule has 0 spiro atoms. The number of alkyl halides is 2. The predicted molar refractivity (Wildman–Crippen MR) is 136 cm³/mol. The Kier molecular flexibility index (Phi) is 6.94. The third-order valence-corrected chi connectivity index (χ3v) is 7.47. The first-order valence-electron chi connectivity index (χ1n) is 11.8. The van der Waals surface area contributed by atoms with Crippen LogP contribution in [0.15, 0.2) is 49.2 Å². The number of carbonyl (C=O) groups excluding carboxylic acids is 2. The third-order valence-electron chi connectivity index (χ3n) is 6.30. The van der Waals surface area contributed by atoms with Crippen molar-refractivity contribution in [1.29, 1.82) is 0 Å². The Bertz CT molecular complexity index is 1430. The molecule has 4 aromatic rings. The monoisotopic (exact) mass is 525 g/mol. The van der Waals surface area contributed by atoms with Crippen LogP contribution in [-0.4, -0.2) is 68.4 Å². The molecule has 0 unspecified atom stereocenters. The molecule has 0 radical (unpaired) electrons. The molecule has 2 amide bonds.